The number of hydrogen-bond donors (Lipinski definition) is 1. The molecule has 0 amide bonds. The van der Waals surface area contributed by atoms with E-state index in [4.69, 9.17) is 4.99 Å². The summed E-state index contributed by atoms with van der Waals surface area (Å²) in [6, 6.07) is 17.4. The molecular formula is C22H22N2. The Kier molecular flexibility index (Phi) is 3.91. The summed E-state index contributed by atoms with van der Waals surface area (Å²) in [5.74, 6) is 0. The molecule has 0 spiro atoms. The highest BCUT2D eigenvalue weighted by Crippen LogP contribution is 2.30. The SMILES string of the molecule is CCC1=CC=C2N=c3c(CN[C@H](C)c4ccccc4)cccc3=C12. The molecule has 1 aliphatic carbocycles. The lowest BCUT2D eigenvalue weighted by Gasteiger charge is -2.14. The number of nitrogens with one attached hydrogen (secondary N) is 1. The van der Waals surface area contributed by atoms with Crippen LogP contribution in [-0.2, 0) is 6.54 Å². The quantitative estimate of drug-likeness (QED) is 0.896. The maximum atomic E-state index is 4.89. The minimum absolute atomic E-state index is 0.320. The molecule has 0 fully saturated rings. The normalized spacial score (nSPS) is 16.2. The third-order valence-corrected chi connectivity index (χ3v) is 4.92. The number of nitrogens with zero attached hydrogens (tertiary/aromatic N) is 1. The first-order valence-corrected chi connectivity index (χ1v) is 8.69. The minimum atomic E-state index is 0.320. The number of benzene rings is 2. The predicted molar refractivity (Wildman–Crippen MR) is 98.8 cm³/mol. The van der Waals surface area contributed by atoms with Crippen molar-refractivity contribution in [2.75, 3.05) is 0 Å². The topological polar surface area (TPSA) is 24.4 Å². The Hall–Kier alpha value is -2.45. The molecule has 2 aliphatic rings. The van der Waals surface area contributed by atoms with Crippen molar-refractivity contribution in [3.05, 3.63) is 93.7 Å². The molecule has 24 heavy (non-hydrogen) atoms. The summed E-state index contributed by atoms with van der Waals surface area (Å²) >= 11 is 0. The van der Waals surface area contributed by atoms with Gasteiger partial charge in [0, 0.05) is 23.4 Å². The number of rotatable bonds is 5. The smallest absolute Gasteiger partial charge is 0.0761 e. The third-order valence-electron chi connectivity index (χ3n) is 4.92. The van der Waals surface area contributed by atoms with Crippen molar-refractivity contribution < 1.29 is 0 Å². The van der Waals surface area contributed by atoms with Gasteiger partial charge in [0.05, 0.1) is 11.1 Å². The molecule has 4 rings (SSSR count). The first kappa shape index (κ1) is 15.1. The van der Waals surface area contributed by atoms with Crippen molar-refractivity contribution in [2.45, 2.75) is 32.9 Å². The monoisotopic (exact) mass is 314 g/mol. The number of allylic oxidation sites excluding steroid dienone is 3. The zero-order valence-corrected chi connectivity index (χ0v) is 14.2. The Morgan fingerprint density at radius 2 is 1.83 bits per heavy atom. The average molecular weight is 314 g/mol. The Balaban J connectivity index is 1.63. The fourth-order valence-corrected chi connectivity index (χ4v) is 3.52. The first-order chi connectivity index (χ1) is 11.8. The van der Waals surface area contributed by atoms with Gasteiger partial charge in [-0.15, -0.1) is 0 Å². The van der Waals surface area contributed by atoms with Gasteiger partial charge in [0.25, 0.3) is 0 Å². The van der Waals surface area contributed by atoms with E-state index in [1.807, 2.05) is 0 Å². The molecule has 1 heterocycles. The Morgan fingerprint density at radius 3 is 2.62 bits per heavy atom. The van der Waals surface area contributed by atoms with Crippen LogP contribution in [0.2, 0.25) is 0 Å². The highest BCUT2D eigenvalue weighted by molar-refractivity contribution is 5.83. The van der Waals surface area contributed by atoms with Gasteiger partial charge in [-0.3, -0.25) is 0 Å². The standard InChI is InChI=1S/C22H22N2/c1-3-16-12-13-20-21(16)19-11-7-10-18(22(19)24-20)14-23-15(2)17-8-5-4-6-9-17/h4-13,15,23H,3,14H2,1-2H3/t15-/m1/s1. The summed E-state index contributed by atoms with van der Waals surface area (Å²) < 4.78 is 0. The molecule has 0 bridgehead atoms. The second-order valence-electron chi connectivity index (χ2n) is 6.41. The van der Waals surface area contributed by atoms with Gasteiger partial charge in [-0.25, -0.2) is 4.99 Å². The molecule has 120 valence electrons. The maximum Gasteiger partial charge on any atom is 0.0761 e. The molecule has 1 atom stereocenters. The average Bonchev–Trinajstić information content (AvgIpc) is 3.19. The summed E-state index contributed by atoms with van der Waals surface area (Å²) in [5.41, 5.74) is 6.45. The van der Waals surface area contributed by atoms with Gasteiger partial charge in [0.1, 0.15) is 0 Å². The molecule has 2 heteroatoms. The third kappa shape index (κ3) is 2.53. The van der Waals surface area contributed by atoms with Gasteiger partial charge < -0.3 is 5.32 Å². The summed E-state index contributed by atoms with van der Waals surface area (Å²) in [5, 5.41) is 6.07. The van der Waals surface area contributed by atoms with Crippen molar-refractivity contribution in [3.8, 4) is 0 Å². The van der Waals surface area contributed by atoms with Crippen LogP contribution >= 0.6 is 0 Å². The van der Waals surface area contributed by atoms with Crippen LogP contribution in [0, 0.1) is 0 Å². The van der Waals surface area contributed by atoms with E-state index in [0.717, 1.165) is 24.0 Å². The van der Waals surface area contributed by atoms with Crippen LogP contribution in [0.15, 0.2) is 76.9 Å². The van der Waals surface area contributed by atoms with E-state index in [0.29, 0.717) is 6.04 Å². The van der Waals surface area contributed by atoms with Gasteiger partial charge in [0.15, 0.2) is 0 Å². The van der Waals surface area contributed by atoms with E-state index < -0.39 is 0 Å². The first-order valence-electron chi connectivity index (χ1n) is 8.69. The lowest BCUT2D eigenvalue weighted by atomic mass is 10.0. The van der Waals surface area contributed by atoms with Gasteiger partial charge >= 0.3 is 0 Å². The van der Waals surface area contributed by atoms with Crippen LogP contribution in [-0.4, -0.2) is 0 Å². The molecule has 2 aromatic carbocycles. The van der Waals surface area contributed by atoms with Crippen molar-refractivity contribution in [1.29, 1.82) is 0 Å². The second-order valence-corrected chi connectivity index (χ2v) is 6.41. The molecule has 1 N–H and O–H groups in total. The Labute approximate surface area is 143 Å². The fourth-order valence-electron chi connectivity index (χ4n) is 3.52. The van der Waals surface area contributed by atoms with Crippen LogP contribution in [0.4, 0.5) is 0 Å². The predicted octanol–water partition coefficient (Wildman–Crippen LogP) is 3.56. The van der Waals surface area contributed by atoms with E-state index in [2.05, 4.69) is 79.8 Å². The second kappa shape index (κ2) is 6.21. The van der Waals surface area contributed by atoms with E-state index in [1.54, 1.807) is 0 Å². The van der Waals surface area contributed by atoms with Crippen molar-refractivity contribution in [3.63, 3.8) is 0 Å². The van der Waals surface area contributed by atoms with Crippen molar-refractivity contribution in [2.24, 2.45) is 4.99 Å². The number of fused-ring (bicyclic) bond motifs is 2. The molecule has 0 unspecified atom stereocenters. The van der Waals surface area contributed by atoms with E-state index in [-0.39, 0.29) is 0 Å². The lowest BCUT2D eigenvalue weighted by molar-refractivity contribution is 0.572. The summed E-state index contributed by atoms with van der Waals surface area (Å²) in [6.45, 7) is 5.24. The summed E-state index contributed by atoms with van der Waals surface area (Å²) in [4.78, 5) is 4.89. The minimum Gasteiger partial charge on any atom is -0.306 e. The highest BCUT2D eigenvalue weighted by atomic mass is 14.9. The van der Waals surface area contributed by atoms with Crippen LogP contribution < -0.4 is 15.9 Å². The molecule has 0 saturated carbocycles. The molecular weight excluding hydrogens is 292 g/mol. The molecule has 1 aliphatic heterocycles. The van der Waals surface area contributed by atoms with Crippen LogP contribution in [0.25, 0.3) is 5.57 Å². The lowest BCUT2D eigenvalue weighted by Crippen LogP contribution is -2.31. The molecule has 0 saturated heterocycles. The maximum absolute atomic E-state index is 4.89. The number of para-hydroxylation sites is 1. The van der Waals surface area contributed by atoms with E-state index >= 15 is 0 Å². The van der Waals surface area contributed by atoms with Crippen LogP contribution in [0.5, 0.6) is 0 Å². The van der Waals surface area contributed by atoms with Gasteiger partial charge in [0.2, 0.25) is 0 Å². The van der Waals surface area contributed by atoms with E-state index in [1.165, 1.54) is 27.5 Å². The largest absolute Gasteiger partial charge is 0.306 e. The van der Waals surface area contributed by atoms with Crippen molar-refractivity contribution in [1.82, 2.24) is 5.32 Å². The molecule has 0 aromatic heterocycles. The summed E-state index contributed by atoms with van der Waals surface area (Å²) in [6.07, 6.45) is 5.41. The number of hydrogen-bond acceptors (Lipinski definition) is 2. The van der Waals surface area contributed by atoms with Gasteiger partial charge in [-0.2, -0.15) is 0 Å². The van der Waals surface area contributed by atoms with Crippen LogP contribution in [0.3, 0.4) is 0 Å². The zero-order valence-electron chi connectivity index (χ0n) is 14.2. The molecule has 0 radical (unpaired) electrons. The van der Waals surface area contributed by atoms with Gasteiger partial charge in [-0.1, -0.05) is 61.5 Å². The fraction of sp³-hybridized carbons (Fsp3) is 0.227. The highest BCUT2D eigenvalue weighted by Gasteiger charge is 2.20. The van der Waals surface area contributed by atoms with Crippen molar-refractivity contribution >= 4 is 5.57 Å². The Bertz CT molecular complexity index is 949. The zero-order chi connectivity index (χ0) is 16.5. The summed E-state index contributed by atoms with van der Waals surface area (Å²) in [7, 11) is 0. The molecule has 2 nitrogen and oxygen atoms in total. The Morgan fingerprint density at radius 1 is 1.00 bits per heavy atom. The van der Waals surface area contributed by atoms with Crippen LogP contribution in [0.1, 0.15) is 37.4 Å². The molecule has 2 aromatic rings. The van der Waals surface area contributed by atoms with Gasteiger partial charge in [-0.05, 0) is 36.1 Å². The van der Waals surface area contributed by atoms with E-state index in [9.17, 15) is 0 Å².